The molecule has 0 amide bonds. The summed E-state index contributed by atoms with van der Waals surface area (Å²) >= 11 is -8.25. The molecule has 0 aromatic heterocycles. The molecule has 0 saturated carbocycles. The monoisotopic (exact) mass is 278 g/mol. The number of hydrogen-bond acceptors (Lipinski definition) is 9. The minimum atomic E-state index is -2.78. The van der Waals surface area contributed by atoms with Gasteiger partial charge in [-0.1, -0.05) is 0 Å². The third kappa shape index (κ3) is 22.7. The molecule has 0 saturated heterocycles. The molecule has 14 N–H and O–H groups in total. The van der Waals surface area contributed by atoms with E-state index in [2.05, 4.69) is 7.26 Å². The van der Waals surface area contributed by atoms with Gasteiger partial charge in [0.1, 0.15) is 0 Å². The van der Waals surface area contributed by atoms with Crippen LogP contribution in [0.15, 0.2) is 0 Å². The Morgan fingerprint density at radius 1 is 0.714 bits per heavy atom. The molecule has 2 unspecified atom stereocenters. The van der Waals surface area contributed by atoms with Gasteiger partial charge in [-0.15, -0.1) is 7.26 Å². The Labute approximate surface area is 88.1 Å². The van der Waals surface area contributed by atoms with Gasteiger partial charge in [0, 0.05) is 0 Å². The summed E-state index contributed by atoms with van der Waals surface area (Å²) in [4.78, 5) is 0. The molecule has 0 aliphatic heterocycles. The van der Waals surface area contributed by atoms with Gasteiger partial charge in [0.15, 0.2) is 0 Å². The van der Waals surface area contributed by atoms with Gasteiger partial charge in [0.2, 0.25) is 0 Å². The van der Waals surface area contributed by atoms with E-state index in [1.165, 1.54) is 0 Å². The molecule has 11 nitrogen and oxygen atoms in total. The van der Waals surface area contributed by atoms with Crippen LogP contribution in [-0.4, -0.2) is 21.7 Å². The van der Waals surface area contributed by atoms with E-state index in [1.807, 2.05) is 0 Å². The average Bonchev–Trinajstić information content (AvgIpc) is 1.58. The molecule has 0 fully saturated rings. The average molecular weight is 278 g/mol. The summed E-state index contributed by atoms with van der Waals surface area (Å²) in [7, 11) is 0. The van der Waals surface area contributed by atoms with Crippen LogP contribution in [-0.2, 0) is 41.3 Å². The zero-order chi connectivity index (χ0) is 8.15. The van der Waals surface area contributed by atoms with E-state index in [1.54, 1.807) is 0 Å². The van der Waals surface area contributed by atoms with Gasteiger partial charge in [-0.25, -0.2) is 0 Å². The first-order chi connectivity index (χ1) is 4.52. The van der Waals surface area contributed by atoms with Gasteiger partial charge in [-0.05, 0) is 0 Å². The minimum absolute atomic E-state index is 0. The van der Waals surface area contributed by atoms with Crippen LogP contribution < -0.4 is 24.6 Å². The molecule has 0 heterocycles. The molecular weight excluding hydrogens is 264 g/mol. The molecule has 0 spiro atoms. The van der Waals surface area contributed by atoms with Gasteiger partial charge >= 0.3 is 34.1 Å². The molecule has 0 rings (SSSR count). The van der Waals surface area contributed by atoms with E-state index >= 15 is 0 Å². The van der Waals surface area contributed by atoms with Crippen LogP contribution in [0.4, 0.5) is 0 Å². The van der Waals surface area contributed by atoms with E-state index < -0.39 is 34.1 Å². The second kappa shape index (κ2) is 15.6. The molecule has 0 aromatic rings. The fraction of sp³-hybridized carbons (Fsp3) is 0. The largest absolute Gasteiger partial charge is 0.344 e. The Bertz CT molecular complexity index is 164. The van der Waals surface area contributed by atoms with Gasteiger partial charge in [0.05, 0.1) is 0 Å². The van der Waals surface area contributed by atoms with Crippen molar-refractivity contribution in [2.75, 3.05) is 0 Å². The molecule has 0 radical (unpaired) electrons. The Hall–Kier alpha value is 0.130. The normalized spacial score (nSPS) is 14.1. The van der Waals surface area contributed by atoms with Crippen molar-refractivity contribution in [3.8, 4) is 0 Å². The van der Waals surface area contributed by atoms with E-state index in [-0.39, 0.29) is 24.6 Å². The van der Waals surface area contributed by atoms with E-state index in [9.17, 15) is 12.6 Å². The molecular formula is H14N4O7S3. The molecule has 14 heteroatoms. The maximum atomic E-state index is 10.0. The first-order valence-corrected chi connectivity index (χ1v) is 4.60. The molecule has 2 atom stereocenters. The third-order valence-corrected chi connectivity index (χ3v) is 2.05. The Kier molecular flexibility index (Phi) is 32.6. The molecule has 14 heavy (non-hydrogen) atoms. The van der Waals surface area contributed by atoms with Crippen molar-refractivity contribution in [1.82, 2.24) is 24.6 Å². The SMILES string of the molecule is N.N.N.N.O=S(O)OS(=O)OS(=O)O. The lowest BCUT2D eigenvalue weighted by molar-refractivity contribution is 0.415. The topological polar surface area (TPSA) is 250 Å². The van der Waals surface area contributed by atoms with Crippen LogP contribution in [0.5, 0.6) is 0 Å². The first-order valence-electron chi connectivity index (χ1n) is 1.53. The number of hydrogen-bond donors (Lipinski definition) is 6. The standard InChI is InChI=1S/4H3N.H2O7S3/c;;;;1-8(2)6-10(5)7-9(3)4/h4*1H3;(H,1,2)(H,3,4). The first kappa shape index (κ1) is 29.2. The van der Waals surface area contributed by atoms with Crippen molar-refractivity contribution >= 4 is 34.1 Å². The van der Waals surface area contributed by atoms with Crippen molar-refractivity contribution in [2.45, 2.75) is 0 Å². The lowest BCUT2D eigenvalue weighted by Crippen LogP contribution is -2.05. The highest BCUT2D eigenvalue weighted by atomic mass is 32.3. The quantitative estimate of drug-likeness (QED) is 0.358. The third-order valence-electron chi connectivity index (χ3n) is 0.228. The highest BCUT2D eigenvalue weighted by molar-refractivity contribution is 7.93. The minimum Gasteiger partial charge on any atom is -0.344 e. The van der Waals surface area contributed by atoms with E-state index in [0.717, 1.165) is 0 Å². The predicted molar refractivity (Wildman–Crippen MR) is 51.9 cm³/mol. The lowest BCUT2D eigenvalue weighted by atomic mass is 14.0. The highest BCUT2D eigenvalue weighted by Gasteiger charge is 2.08. The van der Waals surface area contributed by atoms with Gasteiger partial charge in [-0.2, -0.15) is 12.6 Å². The van der Waals surface area contributed by atoms with Gasteiger partial charge < -0.3 is 24.6 Å². The predicted octanol–water partition coefficient (Wildman–Crippen LogP) is -0.480. The van der Waals surface area contributed by atoms with Crippen molar-refractivity contribution in [1.29, 1.82) is 0 Å². The lowest BCUT2D eigenvalue weighted by Gasteiger charge is -1.91. The van der Waals surface area contributed by atoms with Crippen molar-refractivity contribution in [3.63, 3.8) is 0 Å². The Balaban J connectivity index is -0.0000000675. The molecule has 0 aliphatic rings. The summed E-state index contributed by atoms with van der Waals surface area (Å²) in [6.45, 7) is 0. The smallest absolute Gasteiger partial charge is 0.336 e. The summed E-state index contributed by atoms with van der Waals surface area (Å²) in [5.74, 6) is 0. The summed E-state index contributed by atoms with van der Waals surface area (Å²) in [6.07, 6.45) is 0. The van der Waals surface area contributed by atoms with Crippen LogP contribution >= 0.6 is 0 Å². The fourth-order valence-electron chi connectivity index (χ4n) is 0.106. The van der Waals surface area contributed by atoms with Crippen molar-refractivity contribution in [3.05, 3.63) is 0 Å². The maximum Gasteiger partial charge on any atom is 0.336 e. The van der Waals surface area contributed by atoms with Crippen LogP contribution in [0.3, 0.4) is 0 Å². The highest BCUT2D eigenvalue weighted by Crippen LogP contribution is 1.92. The van der Waals surface area contributed by atoms with Crippen LogP contribution in [0, 0.1) is 0 Å². The summed E-state index contributed by atoms with van der Waals surface area (Å²) in [5.41, 5.74) is 0. The van der Waals surface area contributed by atoms with Crippen molar-refractivity contribution < 1.29 is 29.0 Å². The van der Waals surface area contributed by atoms with Gasteiger partial charge in [-0.3, -0.25) is 9.11 Å². The van der Waals surface area contributed by atoms with Crippen LogP contribution in [0.25, 0.3) is 0 Å². The summed E-state index contributed by atoms with van der Waals surface area (Å²) in [6, 6.07) is 0. The zero-order valence-electron chi connectivity index (χ0n) is 6.99. The zero-order valence-corrected chi connectivity index (χ0v) is 9.44. The summed E-state index contributed by atoms with van der Waals surface area (Å²) in [5, 5.41) is 0. The summed E-state index contributed by atoms with van der Waals surface area (Å²) < 4.78 is 51.9. The fourth-order valence-corrected chi connectivity index (χ4v) is 1.16. The van der Waals surface area contributed by atoms with Crippen LogP contribution in [0.1, 0.15) is 0 Å². The van der Waals surface area contributed by atoms with Crippen LogP contribution in [0.2, 0.25) is 0 Å². The Morgan fingerprint density at radius 2 is 0.929 bits per heavy atom. The van der Waals surface area contributed by atoms with E-state index in [4.69, 9.17) is 9.11 Å². The molecule has 0 bridgehead atoms. The van der Waals surface area contributed by atoms with Crippen molar-refractivity contribution in [2.24, 2.45) is 0 Å². The maximum absolute atomic E-state index is 10.0. The molecule has 0 aliphatic carbocycles. The molecule has 94 valence electrons. The van der Waals surface area contributed by atoms with E-state index in [0.29, 0.717) is 0 Å². The Morgan fingerprint density at radius 3 is 1.07 bits per heavy atom. The second-order valence-electron chi connectivity index (χ2n) is 0.774. The molecule has 0 aromatic carbocycles. The second-order valence-corrected chi connectivity index (χ2v) is 3.14. The van der Waals surface area contributed by atoms with Gasteiger partial charge in [0.25, 0.3) is 0 Å². The number of rotatable bonds is 4.